The Hall–Kier alpha value is -4.78. The van der Waals surface area contributed by atoms with Gasteiger partial charge in [-0.3, -0.25) is 9.59 Å². The molecule has 1 aromatic heterocycles. The molecule has 4 rings (SSSR count). The van der Waals surface area contributed by atoms with E-state index in [-0.39, 0.29) is 17.9 Å². The van der Waals surface area contributed by atoms with Crippen LogP contribution in [0.4, 0.5) is 10.5 Å². The molecule has 13 nitrogen and oxygen atoms in total. The van der Waals surface area contributed by atoms with Crippen LogP contribution in [0.15, 0.2) is 54.9 Å². The number of ether oxygens (including phenoxy) is 1. The number of carboxylic acids is 1. The number of hydrogen-bond acceptors (Lipinski definition) is 8. The molecular formula is C27H28ClN7O6. The summed E-state index contributed by atoms with van der Waals surface area (Å²) in [5, 5.41) is 26.2. The molecule has 3 aromatic rings. The number of carbonyl (C=O) groups is 4. The summed E-state index contributed by atoms with van der Waals surface area (Å²) >= 11 is 6.16. The topological polar surface area (TPSA) is 169 Å². The summed E-state index contributed by atoms with van der Waals surface area (Å²) in [5.41, 5.74) is 1.61. The van der Waals surface area contributed by atoms with Gasteiger partial charge in [0.2, 0.25) is 11.8 Å². The van der Waals surface area contributed by atoms with Gasteiger partial charge < -0.3 is 25.4 Å². The van der Waals surface area contributed by atoms with Gasteiger partial charge in [0, 0.05) is 35.4 Å². The van der Waals surface area contributed by atoms with Gasteiger partial charge in [-0.25, -0.2) is 9.59 Å². The zero-order valence-corrected chi connectivity index (χ0v) is 22.8. The molecule has 0 bridgehead atoms. The molecule has 41 heavy (non-hydrogen) atoms. The van der Waals surface area contributed by atoms with E-state index >= 15 is 0 Å². The maximum Gasteiger partial charge on any atom is 0.409 e. The molecule has 0 aliphatic carbocycles. The number of carbonyl (C=O) groups excluding carboxylic acids is 3. The maximum atomic E-state index is 13.3. The molecular weight excluding hydrogens is 554 g/mol. The van der Waals surface area contributed by atoms with Gasteiger partial charge in [-0.2, -0.15) is 4.68 Å². The smallest absolute Gasteiger partial charge is 0.409 e. The number of amides is 3. The lowest BCUT2D eigenvalue weighted by molar-refractivity contribution is -0.124. The van der Waals surface area contributed by atoms with Crippen molar-refractivity contribution in [3.63, 3.8) is 0 Å². The average molecular weight is 582 g/mol. The van der Waals surface area contributed by atoms with E-state index < -0.39 is 29.9 Å². The number of rotatable bonds is 9. The SMILES string of the molecule is COC(=O)N1CCCC(C[C@H](NC(=O)C=Cc2cc(Cl)ccc2-n2cnnn2)C(=O)Nc2ccc(C(=O)O)cc2)C1. The fourth-order valence-electron chi connectivity index (χ4n) is 4.57. The summed E-state index contributed by atoms with van der Waals surface area (Å²) in [5.74, 6) is -2.18. The largest absolute Gasteiger partial charge is 0.478 e. The normalized spacial score (nSPS) is 15.8. The van der Waals surface area contributed by atoms with Crippen molar-refractivity contribution < 1.29 is 29.0 Å². The third-order valence-electron chi connectivity index (χ3n) is 6.55. The molecule has 1 aliphatic heterocycles. The van der Waals surface area contributed by atoms with E-state index in [9.17, 15) is 19.2 Å². The van der Waals surface area contributed by atoms with E-state index in [2.05, 4.69) is 26.2 Å². The van der Waals surface area contributed by atoms with Crippen LogP contribution in [0.25, 0.3) is 11.8 Å². The minimum atomic E-state index is -1.09. The number of aromatic nitrogens is 4. The Bertz CT molecular complexity index is 1430. The Balaban J connectivity index is 1.51. The number of likely N-dealkylation sites (tertiary alicyclic amines) is 1. The zero-order valence-electron chi connectivity index (χ0n) is 22.1. The third kappa shape index (κ3) is 7.88. The van der Waals surface area contributed by atoms with E-state index in [1.54, 1.807) is 23.1 Å². The average Bonchev–Trinajstić information content (AvgIpc) is 3.50. The Kier molecular flexibility index (Phi) is 9.64. The van der Waals surface area contributed by atoms with Crippen LogP contribution in [-0.4, -0.2) is 80.3 Å². The van der Waals surface area contributed by atoms with Gasteiger partial charge in [-0.1, -0.05) is 11.6 Å². The Morgan fingerprint density at radius 2 is 1.98 bits per heavy atom. The van der Waals surface area contributed by atoms with Crippen molar-refractivity contribution in [1.29, 1.82) is 0 Å². The molecule has 0 radical (unpaired) electrons. The molecule has 1 saturated heterocycles. The number of piperidine rings is 1. The first kappa shape index (κ1) is 29.2. The van der Waals surface area contributed by atoms with E-state index in [4.69, 9.17) is 21.4 Å². The monoisotopic (exact) mass is 581 g/mol. The van der Waals surface area contributed by atoms with Crippen LogP contribution in [0.1, 0.15) is 35.2 Å². The lowest BCUT2D eigenvalue weighted by atomic mass is 9.91. The Morgan fingerprint density at radius 3 is 2.66 bits per heavy atom. The second-order valence-electron chi connectivity index (χ2n) is 9.38. The van der Waals surface area contributed by atoms with Crippen LogP contribution in [-0.2, 0) is 14.3 Å². The molecule has 2 aromatic carbocycles. The van der Waals surface area contributed by atoms with E-state index in [0.29, 0.717) is 35.1 Å². The van der Waals surface area contributed by atoms with Gasteiger partial charge in [0.05, 0.1) is 18.4 Å². The van der Waals surface area contributed by atoms with Crippen LogP contribution in [0.3, 0.4) is 0 Å². The van der Waals surface area contributed by atoms with E-state index in [1.807, 2.05) is 0 Å². The van der Waals surface area contributed by atoms with Crippen LogP contribution in [0, 0.1) is 5.92 Å². The second-order valence-corrected chi connectivity index (χ2v) is 9.82. The summed E-state index contributed by atoms with van der Waals surface area (Å²) in [6.07, 6.45) is 5.54. The molecule has 2 heterocycles. The molecule has 14 heteroatoms. The highest BCUT2D eigenvalue weighted by Gasteiger charge is 2.30. The van der Waals surface area contributed by atoms with Crippen molar-refractivity contribution in [3.05, 3.63) is 71.0 Å². The zero-order chi connectivity index (χ0) is 29.4. The van der Waals surface area contributed by atoms with Crippen molar-refractivity contribution in [1.82, 2.24) is 30.4 Å². The number of carboxylic acid groups (broad SMARTS) is 1. The second kappa shape index (κ2) is 13.5. The van der Waals surface area contributed by atoms with Gasteiger partial charge in [-0.15, -0.1) is 5.10 Å². The summed E-state index contributed by atoms with van der Waals surface area (Å²) in [6, 6.07) is 9.76. The van der Waals surface area contributed by atoms with Crippen LogP contribution >= 0.6 is 11.6 Å². The summed E-state index contributed by atoms with van der Waals surface area (Å²) in [6.45, 7) is 0.932. The van der Waals surface area contributed by atoms with Crippen molar-refractivity contribution in [2.45, 2.75) is 25.3 Å². The highest BCUT2D eigenvalue weighted by atomic mass is 35.5. The molecule has 1 aliphatic rings. The quantitative estimate of drug-likeness (QED) is 0.321. The summed E-state index contributed by atoms with van der Waals surface area (Å²) in [4.78, 5) is 51.2. The Morgan fingerprint density at radius 1 is 1.20 bits per heavy atom. The van der Waals surface area contributed by atoms with Gasteiger partial charge in [0.15, 0.2) is 0 Å². The van der Waals surface area contributed by atoms with Gasteiger partial charge in [0.25, 0.3) is 0 Å². The number of nitrogens with zero attached hydrogens (tertiary/aromatic N) is 5. The molecule has 1 fully saturated rings. The minimum Gasteiger partial charge on any atom is -0.478 e. The number of nitrogens with one attached hydrogen (secondary N) is 2. The molecule has 3 amide bonds. The fraction of sp³-hybridized carbons (Fsp3) is 0.296. The van der Waals surface area contributed by atoms with Gasteiger partial charge >= 0.3 is 12.1 Å². The molecule has 0 saturated carbocycles. The van der Waals surface area contributed by atoms with Gasteiger partial charge in [0.1, 0.15) is 12.4 Å². The standard InChI is InChI=1S/C27H28ClN7O6/c1-41-27(40)34-12-2-3-17(15-34)13-22(25(37)30-21-8-4-18(5-9-21)26(38)39)31-24(36)11-6-19-14-20(28)7-10-23(19)35-16-29-32-33-35/h4-11,14,16-17,22H,2-3,12-13,15H2,1H3,(H,30,37)(H,31,36)(H,38,39)/t17?,22-/m0/s1. The number of hydrogen-bond donors (Lipinski definition) is 3. The minimum absolute atomic E-state index is 0.0726. The molecule has 1 unspecified atom stereocenters. The number of methoxy groups -OCH3 is 1. The molecule has 214 valence electrons. The van der Waals surface area contributed by atoms with Crippen LogP contribution in [0.2, 0.25) is 5.02 Å². The number of tetrazole rings is 1. The highest BCUT2D eigenvalue weighted by molar-refractivity contribution is 6.30. The van der Waals surface area contributed by atoms with Gasteiger partial charge in [-0.05, 0) is 84.1 Å². The summed E-state index contributed by atoms with van der Waals surface area (Å²) in [7, 11) is 1.31. The first-order valence-electron chi connectivity index (χ1n) is 12.7. The van der Waals surface area contributed by atoms with E-state index in [1.165, 1.54) is 54.5 Å². The predicted octanol–water partition coefficient (Wildman–Crippen LogP) is 3.02. The van der Waals surface area contributed by atoms with Crippen LogP contribution < -0.4 is 10.6 Å². The van der Waals surface area contributed by atoms with E-state index in [0.717, 1.165) is 12.8 Å². The number of benzene rings is 2. The van der Waals surface area contributed by atoms with Crippen molar-refractivity contribution in [2.24, 2.45) is 5.92 Å². The van der Waals surface area contributed by atoms with Crippen molar-refractivity contribution in [2.75, 3.05) is 25.5 Å². The number of anilines is 1. The molecule has 2 atom stereocenters. The third-order valence-corrected chi connectivity index (χ3v) is 6.79. The number of halogens is 1. The van der Waals surface area contributed by atoms with Crippen LogP contribution in [0.5, 0.6) is 0 Å². The fourth-order valence-corrected chi connectivity index (χ4v) is 4.75. The molecule has 3 N–H and O–H groups in total. The van der Waals surface area contributed by atoms with Crippen molar-refractivity contribution in [3.8, 4) is 5.69 Å². The Labute approximate surface area is 240 Å². The lowest BCUT2D eigenvalue weighted by Gasteiger charge is -2.33. The molecule has 0 spiro atoms. The predicted molar refractivity (Wildman–Crippen MR) is 148 cm³/mol. The number of aromatic carboxylic acids is 1. The summed E-state index contributed by atoms with van der Waals surface area (Å²) < 4.78 is 6.27. The highest BCUT2D eigenvalue weighted by Crippen LogP contribution is 2.23. The first-order valence-corrected chi connectivity index (χ1v) is 13.1. The maximum absolute atomic E-state index is 13.3. The van der Waals surface area contributed by atoms with Crippen molar-refractivity contribution >= 4 is 47.2 Å². The lowest BCUT2D eigenvalue weighted by Crippen LogP contribution is -2.47. The first-order chi connectivity index (χ1) is 19.7.